The number of hydrogen-bond donors (Lipinski definition) is 0. The van der Waals surface area contributed by atoms with Crippen molar-refractivity contribution in [3.8, 4) is 0 Å². The molecule has 28 heavy (non-hydrogen) atoms. The number of carbonyl (C=O) groups excluding carboxylic acids is 1. The average Bonchev–Trinajstić information content (AvgIpc) is 3.46. The summed E-state index contributed by atoms with van der Waals surface area (Å²) < 4.78 is 8.24. The molecule has 2 saturated heterocycles. The summed E-state index contributed by atoms with van der Waals surface area (Å²) in [4.78, 5) is 26.3. The molecule has 3 aromatic heterocycles. The number of nitrogens with zero attached hydrogens (tertiary/aromatic N) is 4. The Kier molecular flexibility index (Phi) is 4.64. The SMILES string of the molecule is Cc1ccc(C(=O)N2CCC(n3c(C4CCCO4)nc4cccnc43)CC2)s1. The Morgan fingerprint density at radius 2 is 2.07 bits per heavy atom. The smallest absolute Gasteiger partial charge is 0.263 e. The Balaban J connectivity index is 1.39. The minimum Gasteiger partial charge on any atom is -0.370 e. The van der Waals surface area contributed by atoms with Gasteiger partial charge in [-0.05, 0) is 56.9 Å². The second-order valence-corrected chi connectivity index (χ2v) is 8.91. The summed E-state index contributed by atoms with van der Waals surface area (Å²) in [6.07, 6.45) is 5.81. The summed E-state index contributed by atoms with van der Waals surface area (Å²) in [6.45, 7) is 4.36. The molecular weight excluding hydrogens is 372 g/mol. The molecule has 5 heterocycles. The second kappa shape index (κ2) is 7.29. The third-order valence-electron chi connectivity index (χ3n) is 5.76. The van der Waals surface area contributed by atoms with Gasteiger partial charge in [0.15, 0.2) is 5.65 Å². The number of likely N-dealkylation sites (tertiary alicyclic amines) is 1. The number of thiophene rings is 1. The number of amides is 1. The van der Waals surface area contributed by atoms with Crippen molar-refractivity contribution in [2.45, 2.75) is 44.8 Å². The van der Waals surface area contributed by atoms with Crippen LogP contribution >= 0.6 is 11.3 Å². The Hall–Kier alpha value is -2.25. The molecule has 2 aliphatic heterocycles. The lowest BCUT2D eigenvalue weighted by Crippen LogP contribution is -2.39. The molecule has 0 radical (unpaired) electrons. The predicted molar refractivity (Wildman–Crippen MR) is 109 cm³/mol. The fraction of sp³-hybridized carbons (Fsp3) is 0.476. The normalized spacial score (nSPS) is 20.9. The van der Waals surface area contributed by atoms with Crippen LogP contribution < -0.4 is 0 Å². The first-order valence-corrected chi connectivity index (χ1v) is 10.8. The number of rotatable bonds is 3. The zero-order valence-corrected chi connectivity index (χ0v) is 16.8. The number of pyridine rings is 1. The third kappa shape index (κ3) is 3.12. The van der Waals surface area contributed by atoms with Crippen molar-refractivity contribution in [3.05, 3.63) is 46.0 Å². The number of aromatic nitrogens is 3. The van der Waals surface area contributed by atoms with Gasteiger partial charge in [0.25, 0.3) is 5.91 Å². The van der Waals surface area contributed by atoms with Gasteiger partial charge in [-0.2, -0.15) is 0 Å². The van der Waals surface area contributed by atoms with Crippen molar-refractivity contribution in [3.63, 3.8) is 0 Å². The highest BCUT2D eigenvalue weighted by Gasteiger charge is 2.31. The molecule has 7 heteroatoms. The van der Waals surface area contributed by atoms with Crippen LogP contribution in [0.5, 0.6) is 0 Å². The zero-order chi connectivity index (χ0) is 19.1. The Labute approximate surface area is 168 Å². The standard InChI is InChI=1S/C21H24N4O2S/c1-14-6-7-18(28-14)21(26)24-11-8-15(9-12-24)25-19-16(4-2-10-22-19)23-20(25)17-5-3-13-27-17/h2,4,6-7,10,15,17H,3,5,8-9,11-13H2,1H3. The maximum atomic E-state index is 12.8. The van der Waals surface area contributed by atoms with Crippen LogP contribution in [-0.2, 0) is 4.74 Å². The lowest BCUT2D eigenvalue weighted by Gasteiger charge is -2.33. The van der Waals surface area contributed by atoms with Crippen LogP contribution in [0.2, 0.25) is 0 Å². The van der Waals surface area contributed by atoms with Gasteiger partial charge in [0.1, 0.15) is 17.4 Å². The second-order valence-electron chi connectivity index (χ2n) is 7.62. The molecule has 0 aromatic carbocycles. The van der Waals surface area contributed by atoms with Crippen molar-refractivity contribution in [1.29, 1.82) is 0 Å². The van der Waals surface area contributed by atoms with Crippen LogP contribution in [0.1, 0.15) is 58.2 Å². The number of hydrogen-bond acceptors (Lipinski definition) is 5. The van der Waals surface area contributed by atoms with Gasteiger partial charge in [0.2, 0.25) is 0 Å². The molecule has 1 atom stereocenters. The molecular formula is C21H24N4O2S. The van der Waals surface area contributed by atoms with Crippen LogP contribution in [0.25, 0.3) is 11.2 Å². The monoisotopic (exact) mass is 396 g/mol. The van der Waals surface area contributed by atoms with E-state index in [-0.39, 0.29) is 12.0 Å². The molecule has 6 nitrogen and oxygen atoms in total. The highest BCUT2D eigenvalue weighted by atomic mass is 32.1. The van der Waals surface area contributed by atoms with Gasteiger partial charge >= 0.3 is 0 Å². The van der Waals surface area contributed by atoms with E-state index in [0.717, 1.165) is 67.2 Å². The van der Waals surface area contributed by atoms with E-state index in [9.17, 15) is 4.79 Å². The molecule has 0 bridgehead atoms. The molecule has 0 aliphatic carbocycles. The summed E-state index contributed by atoms with van der Waals surface area (Å²) in [5.74, 6) is 1.16. The maximum Gasteiger partial charge on any atom is 0.263 e. The van der Waals surface area contributed by atoms with Gasteiger partial charge in [-0.1, -0.05) is 0 Å². The zero-order valence-electron chi connectivity index (χ0n) is 16.0. The van der Waals surface area contributed by atoms with Crippen molar-refractivity contribution < 1.29 is 9.53 Å². The number of piperidine rings is 1. The highest BCUT2D eigenvalue weighted by molar-refractivity contribution is 7.13. The lowest BCUT2D eigenvalue weighted by molar-refractivity contribution is 0.0686. The number of imidazole rings is 1. The van der Waals surface area contributed by atoms with Gasteiger partial charge in [0, 0.05) is 36.8 Å². The van der Waals surface area contributed by atoms with E-state index < -0.39 is 0 Å². The number of fused-ring (bicyclic) bond motifs is 1. The van der Waals surface area contributed by atoms with E-state index in [1.165, 1.54) is 4.88 Å². The first kappa shape index (κ1) is 17.8. The van der Waals surface area contributed by atoms with E-state index in [4.69, 9.17) is 9.72 Å². The molecule has 0 N–H and O–H groups in total. The first-order valence-electron chi connectivity index (χ1n) is 10.0. The fourth-order valence-electron chi connectivity index (χ4n) is 4.35. The largest absolute Gasteiger partial charge is 0.370 e. The topological polar surface area (TPSA) is 60.2 Å². The Morgan fingerprint density at radius 1 is 1.21 bits per heavy atom. The quantitative estimate of drug-likeness (QED) is 0.668. The molecule has 0 saturated carbocycles. The molecule has 146 valence electrons. The Morgan fingerprint density at radius 3 is 2.79 bits per heavy atom. The third-order valence-corrected chi connectivity index (χ3v) is 6.75. The van der Waals surface area contributed by atoms with Crippen LogP contribution in [0.15, 0.2) is 30.5 Å². The fourth-order valence-corrected chi connectivity index (χ4v) is 5.18. The summed E-state index contributed by atoms with van der Waals surface area (Å²) in [5, 5.41) is 0. The van der Waals surface area contributed by atoms with Crippen molar-refractivity contribution in [2.24, 2.45) is 0 Å². The van der Waals surface area contributed by atoms with Crippen LogP contribution in [0.4, 0.5) is 0 Å². The minimum absolute atomic E-state index is 0.0583. The predicted octanol–water partition coefficient (Wildman–Crippen LogP) is 4.13. The summed E-state index contributed by atoms with van der Waals surface area (Å²) in [6, 6.07) is 8.21. The number of carbonyl (C=O) groups is 1. The molecule has 0 spiro atoms. The van der Waals surface area contributed by atoms with Crippen molar-refractivity contribution in [1.82, 2.24) is 19.4 Å². The van der Waals surface area contributed by atoms with Gasteiger partial charge in [-0.3, -0.25) is 4.79 Å². The number of aryl methyl sites for hydroxylation is 1. The van der Waals surface area contributed by atoms with E-state index >= 15 is 0 Å². The molecule has 5 rings (SSSR count). The first-order chi connectivity index (χ1) is 13.7. The van der Waals surface area contributed by atoms with Gasteiger partial charge < -0.3 is 14.2 Å². The maximum absolute atomic E-state index is 12.8. The van der Waals surface area contributed by atoms with E-state index in [2.05, 4.69) is 9.55 Å². The number of ether oxygens (including phenoxy) is 1. The molecule has 3 aromatic rings. The molecule has 1 amide bonds. The minimum atomic E-state index is 0.0583. The van der Waals surface area contributed by atoms with Crippen molar-refractivity contribution >= 4 is 28.4 Å². The van der Waals surface area contributed by atoms with E-state index in [1.54, 1.807) is 11.3 Å². The van der Waals surface area contributed by atoms with Crippen LogP contribution in [-0.4, -0.2) is 45.0 Å². The van der Waals surface area contributed by atoms with Crippen LogP contribution in [0.3, 0.4) is 0 Å². The van der Waals surface area contributed by atoms with Gasteiger partial charge in [0.05, 0.1) is 4.88 Å². The highest BCUT2D eigenvalue weighted by Crippen LogP contribution is 2.35. The molecule has 2 aliphatic rings. The summed E-state index contributed by atoms with van der Waals surface area (Å²) in [7, 11) is 0. The van der Waals surface area contributed by atoms with E-state index in [1.807, 2.05) is 42.3 Å². The van der Waals surface area contributed by atoms with E-state index in [0.29, 0.717) is 6.04 Å². The summed E-state index contributed by atoms with van der Waals surface area (Å²) >= 11 is 1.58. The molecule has 1 unspecified atom stereocenters. The summed E-state index contributed by atoms with van der Waals surface area (Å²) in [5.41, 5.74) is 1.87. The Bertz CT molecular complexity index is 997. The molecule has 2 fully saturated rings. The van der Waals surface area contributed by atoms with Gasteiger partial charge in [-0.15, -0.1) is 11.3 Å². The van der Waals surface area contributed by atoms with Gasteiger partial charge in [-0.25, -0.2) is 9.97 Å². The van der Waals surface area contributed by atoms with Crippen molar-refractivity contribution in [2.75, 3.05) is 19.7 Å². The average molecular weight is 397 g/mol. The van der Waals surface area contributed by atoms with Crippen LogP contribution in [0, 0.1) is 6.92 Å². The lowest BCUT2D eigenvalue weighted by atomic mass is 10.0.